The first-order valence-electron chi connectivity index (χ1n) is 14.4. The lowest BCUT2D eigenvalue weighted by Crippen LogP contribution is -2.39. The largest absolute Gasteiger partial charge is 0.385 e. The zero-order chi connectivity index (χ0) is 29.5. The van der Waals surface area contributed by atoms with Gasteiger partial charge in [0.05, 0.1) is 12.2 Å². The van der Waals surface area contributed by atoms with Crippen molar-refractivity contribution in [3.63, 3.8) is 0 Å². The summed E-state index contributed by atoms with van der Waals surface area (Å²) in [6.45, 7) is 2.90. The third-order valence-corrected chi connectivity index (χ3v) is 9.93. The van der Waals surface area contributed by atoms with E-state index in [1.54, 1.807) is 23.8 Å². The molecule has 222 valence electrons. The maximum Gasteiger partial charge on any atom is 0.221 e. The lowest BCUT2D eigenvalue weighted by molar-refractivity contribution is -0.117. The second-order valence-electron chi connectivity index (χ2n) is 10.9. The van der Waals surface area contributed by atoms with E-state index in [0.29, 0.717) is 26.1 Å². The number of carbonyl (C=O) groups excluding carboxylic acids is 1. The fourth-order valence-electron chi connectivity index (χ4n) is 5.83. The Balaban J connectivity index is 1.37. The first kappa shape index (κ1) is 29.9. The van der Waals surface area contributed by atoms with E-state index in [0.717, 1.165) is 64.7 Å². The number of nitrogens with two attached hydrogens (primary N) is 1. The third-order valence-electron chi connectivity index (χ3n) is 7.97. The monoisotopic (exact) mass is 589 g/mol. The van der Waals surface area contributed by atoms with E-state index in [2.05, 4.69) is 45.6 Å². The Morgan fingerprint density at radius 3 is 2.57 bits per heavy atom. The highest BCUT2D eigenvalue weighted by Crippen LogP contribution is 2.37. The van der Waals surface area contributed by atoms with Crippen molar-refractivity contribution < 1.29 is 17.9 Å². The highest BCUT2D eigenvalue weighted by molar-refractivity contribution is 7.89. The zero-order valence-corrected chi connectivity index (χ0v) is 24.8. The smallest absolute Gasteiger partial charge is 0.221 e. The molecular weight excluding hydrogens is 550 g/mol. The van der Waals surface area contributed by atoms with Gasteiger partial charge in [0.25, 0.3) is 0 Å². The summed E-state index contributed by atoms with van der Waals surface area (Å²) in [7, 11) is -1.71. The molecule has 0 spiro atoms. The Bertz CT molecular complexity index is 1610. The molecule has 42 heavy (non-hydrogen) atoms. The van der Waals surface area contributed by atoms with E-state index in [-0.39, 0.29) is 24.0 Å². The molecular formula is C32H39N5O4S. The molecule has 0 atom stereocenters. The van der Waals surface area contributed by atoms with Crippen LogP contribution < -0.4 is 11.1 Å². The molecule has 1 aliphatic rings. The standard InChI is InChI=1S/C32H39N5O4S/c1-41-14-3-15-42(39,40)37-12-8-25(9-13-37)30-22-36-32-28(19-31(33)38)17-27(18-29(30)32)26-5-2-4-24(16-26)21-35-20-23-6-10-34-11-7-23/h2,4-7,10-11,16-18,22,25,35-36H,3,8-9,12-15,19-21H2,1H3,(H2,33,38). The number of aromatic nitrogens is 2. The minimum Gasteiger partial charge on any atom is -0.385 e. The van der Waals surface area contributed by atoms with E-state index >= 15 is 0 Å². The molecule has 4 N–H and O–H groups in total. The van der Waals surface area contributed by atoms with Gasteiger partial charge in [-0.25, -0.2) is 12.7 Å². The summed E-state index contributed by atoms with van der Waals surface area (Å²) in [5.74, 6) is -0.0632. The number of piperidine rings is 1. The number of hydrogen-bond donors (Lipinski definition) is 3. The number of pyridine rings is 1. The summed E-state index contributed by atoms with van der Waals surface area (Å²) < 4.78 is 32.2. The van der Waals surface area contributed by atoms with Gasteiger partial charge in [0, 0.05) is 69.4 Å². The summed E-state index contributed by atoms with van der Waals surface area (Å²) in [4.78, 5) is 19.5. The number of fused-ring (bicyclic) bond motifs is 1. The molecule has 0 saturated carbocycles. The number of sulfonamides is 1. The van der Waals surface area contributed by atoms with Gasteiger partial charge >= 0.3 is 0 Å². The summed E-state index contributed by atoms with van der Waals surface area (Å²) in [6, 6.07) is 16.6. The van der Waals surface area contributed by atoms with Gasteiger partial charge in [0.15, 0.2) is 0 Å². The fourth-order valence-corrected chi connectivity index (χ4v) is 7.34. The average molecular weight is 590 g/mol. The first-order chi connectivity index (χ1) is 20.3. The van der Waals surface area contributed by atoms with Gasteiger partial charge in [-0.3, -0.25) is 9.78 Å². The van der Waals surface area contributed by atoms with Crippen LogP contribution in [0, 0.1) is 0 Å². The van der Waals surface area contributed by atoms with Gasteiger partial charge in [-0.15, -0.1) is 0 Å². The highest BCUT2D eigenvalue weighted by Gasteiger charge is 2.29. The molecule has 2 aromatic heterocycles. The van der Waals surface area contributed by atoms with Crippen LogP contribution in [0.2, 0.25) is 0 Å². The minimum atomic E-state index is -3.29. The SMILES string of the molecule is COCCCS(=O)(=O)N1CCC(c2c[nH]c3c(CC(N)=O)cc(-c4cccc(CNCc5ccncc5)c4)cc23)CC1. The number of carbonyl (C=O) groups is 1. The Hall–Kier alpha value is -3.57. The third kappa shape index (κ3) is 7.25. The molecule has 1 saturated heterocycles. The van der Waals surface area contributed by atoms with Crippen molar-refractivity contribution >= 4 is 26.8 Å². The predicted molar refractivity (Wildman–Crippen MR) is 165 cm³/mol. The second kappa shape index (κ2) is 13.6. The van der Waals surface area contributed by atoms with Crippen LogP contribution in [0.5, 0.6) is 0 Å². The van der Waals surface area contributed by atoms with Gasteiger partial charge in [0.2, 0.25) is 15.9 Å². The molecule has 4 aromatic rings. The van der Waals surface area contributed by atoms with Crippen molar-refractivity contribution in [1.82, 2.24) is 19.6 Å². The summed E-state index contributed by atoms with van der Waals surface area (Å²) in [5, 5.41) is 4.55. The number of primary amides is 1. The van der Waals surface area contributed by atoms with Gasteiger partial charge in [-0.1, -0.05) is 18.2 Å². The molecule has 1 aliphatic heterocycles. The number of aromatic amines is 1. The van der Waals surface area contributed by atoms with Crippen LogP contribution in [0.25, 0.3) is 22.0 Å². The number of H-pyrrole nitrogens is 1. The minimum absolute atomic E-state index is 0.108. The highest BCUT2D eigenvalue weighted by atomic mass is 32.2. The topological polar surface area (TPSA) is 130 Å². The zero-order valence-electron chi connectivity index (χ0n) is 24.0. The van der Waals surface area contributed by atoms with Crippen LogP contribution in [-0.2, 0) is 39.1 Å². The molecule has 5 rings (SSSR count). The van der Waals surface area contributed by atoms with E-state index in [1.807, 2.05) is 24.4 Å². The van der Waals surface area contributed by atoms with E-state index < -0.39 is 10.0 Å². The number of nitrogens with one attached hydrogen (secondary N) is 2. The molecule has 0 aliphatic carbocycles. The van der Waals surface area contributed by atoms with Gasteiger partial charge in [0.1, 0.15) is 0 Å². The molecule has 0 radical (unpaired) electrons. The van der Waals surface area contributed by atoms with Gasteiger partial charge < -0.3 is 20.8 Å². The summed E-state index contributed by atoms with van der Waals surface area (Å²) in [6.07, 6.45) is 7.72. The maximum atomic E-state index is 12.8. The number of nitrogens with zero attached hydrogens (tertiary/aromatic N) is 2. The van der Waals surface area contributed by atoms with Crippen molar-refractivity contribution in [3.8, 4) is 11.1 Å². The number of amides is 1. The quantitative estimate of drug-likeness (QED) is 0.201. The summed E-state index contributed by atoms with van der Waals surface area (Å²) in [5.41, 5.74) is 13.0. The summed E-state index contributed by atoms with van der Waals surface area (Å²) >= 11 is 0. The van der Waals surface area contributed by atoms with Crippen LogP contribution >= 0.6 is 0 Å². The lowest BCUT2D eigenvalue weighted by atomic mass is 9.88. The van der Waals surface area contributed by atoms with Crippen molar-refractivity contribution in [3.05, 3.63) is 89.4 Å². The Labute approximate surface area is 247 Å². The molecule has 3 heterocycles. The normalized spacial score (nSPS) is 14.9. The van der Waals surface area contributed by atoms with Gasteiger partial charge in [-0.2, -0.15) is 0 Å². The number of methoxy groups -OCH3 is 1. The van der Waals surface area contributed by atoms with Crippen molar-refractivity contribution in [2.24, 2.45) is 5.73 Å². The fraction of sp³-hybridized carbons (Fsp3) is 0.375. The van der Waals surface area contributed by atoms with Crippen LogP contribution in [0.3, 0.4) is 0 Å². The van der Waals surface area contributed by atoms with Crippen molar-refractivity contribution in [2.75, 3.05) is 32.6 Å². The van der Waals surface area contributed by atoms with Crippen LogP contribution in [0.15, 0.2) is 67.1 Å². The van der Waals surface area contributed by atoms with Crippen LogP contribution in [0.1, 0.15) is 47.4 Å². The van der Waals surface area contributed by atoms with Crippen LogP contribution in [-0.4, -0.2) is 61.2 Å². The van der Waals surface area contributed by atoms with E-state index in [9.17, 15) is 13.2 Å². The van der Waals surface area contributed by atoms with E-state index in [4.69, 9.17) is 10.5 Å². The molecule has 0 unspecified atom stereocenters. The number of rotatable bonds is 13. The molecule has 0 bridgehead atoms. The van der Waals surface area contributed by atoms with E-state index in [1.165, 1.54) is 5.56 Å². The molecule has 1 fully saturated rings. The molecule has 2 aromatic carbocycles. The number of ether oxygens (including phenoxy) is 1. The first-order valence-corrected chi connectivity index (χ1v) is 16.0. The number of benzene rings is 2. The predicted octanol–water partition coefficient (Wildman–Crippen LogP) is 4.09. The van der Waals surface area contributed by atoms with Crippen molar-refractivity contribution in [1.29, 1.82) is 0 Å². The van der Waals surface area contributed by atoms with Crippen molar-refractivity contribution in [2.45, 2.75) is 44.7 Å². The average Bonchev–Trinajstić information content (AvgIpc) is 3.42. The second-order valence-corrected chi connectivity index (χ2v) is 13.0. The Morgan fingerprint density at radius 2 is 1.83 bits per heavy atom. The lowest BCUT2D eigenvalue weighted by Gasteiger charge is -2.31. The molecule has 1 amide bonds. The maximum absolute atomic E-state index is 12.8. The molecule has 9 nitrogen and oxygen atoms in total. The Kier molecular flexibility index (Phi) is 9.69. The van der Waals surface area contributed by atoms with Gasteiger partial charge in [-0.05, 0) is 88.9 Å². The molecule has 10 heteroatoms. The Morgan fingerprint density at radius 1 is 1.07 bits per heavy atom. The van der Waals surface area contributed by atoms with Crippen LogP contribution in [0.4, 0.5) is 0 Å². The number of hydrogen-bond acceptors (Lipinski definition) is 6.